The van der Waals surface area contributed by atoms with Gasteiger partial charge < -0.3 is 4.74 Å². The lowest BCUT2D eigenvalue weighted by Crippen LogP contribution is -2.49. The zero-order chi connectivity index (χ0) is 18.2. The number of hydrogen-bond acceptors (Lipinski definition) is 5. The predicted molar refractivity (Wildman–Crippen MR) is 92.9 cm³/mol. The molecule has 1 atom stereocenters. The molecule has 2 rings (SSSR count). The number of ether oxygens (including phenoxy) is 1. The Morgan fingerprint density at radius 3 is 2.76 bits per heavy atom. The van der Waals surface area contributed by atoms with Crippen molar-refractivity contribution >= 4 is 29.4 Å². The van der Waals surface area contributed by atoms with E-state index in [1.165, 1.54) is 0 Å². The highest BCUT2D eigenvalue weighted by Crippen LogP contribution is 2.17. The lowest BCUT2D eigenvalue weighted by molar-refractivity contribution is -0.150. The predicted octanol–water partition coefficient (Wildman–Crippen LogP) is 1.38. The molecule has 0 radical (unpaired) electrons. The lowest BCUT2D eigenvalue weighted by Gasteiger charge is -2.30. The number of piperidine rings is 1. The number of likely N-dealkylation sites (tertiary alicyclic amines) is 1. The van der Waals surface area contributed by atoms with Crippen LogP contribution in [0.5, 0.6) is 0 Å². The van der Waals surface area contributed by atoms with Gasteiger partial charge in [-0.25, -0.2) is 0 Å². The molecule has 0 spiro atoms. The van der Waals surface area contributed by atoms with E-state index < -0.39 is 5.91 Å². The minimum atomic E-state index is -0.484. The van der Waals surface area contributed by atoms with E-state index in [0.29, 0.717) is 18.2 Å². The Labute approximate surface area is 151 Å². The fourth-order valence-corrected chi connectivity index (χ4v) is 2.95. The van der Waals surface area contributed by atoms with Crippen LogP contribution in [-0.4, -0.2) is 48.9 Å². The fraction of sp³-hybridized carbons (Fsp3) is 0.471. The Balaban J connectivity index is 1.79. The van der Waals surface area contributed by atoms with Crippen molar-refractivity contribution in [3.05, 3.63) is 34.9 Å². The van der Waals surface area contributed by atoms with Crippen molar-refractivity contribution < 1.29 is 19.1 Å². The average molecular weight is 368 g/mol. The van der Waals surface area contributed by atoms with E-state index in [1.807, 2.05) is 4.90 Å². The van der Waals surface area contributed by atoms with Crippen molar-refractivity contribution in [3.8, 4) is 0 Å². The molecule has 1 aliphatic rings. The van der Waals surface area contributed by atoms with Crippen LogP contribution in [0.4, 0.5) is 0 Å². The molecule has 0 bridgehead atoms. The van der Waals surface area contributed by atoms with Gasteiger partial charge in [0.05, 0.1) is 29.7 Å². The number of hydrogen-bond donors (Lipinski definition) is 2. The van der Waals surface area contributed by atoms with Crippen molar-refractivity contribution in [2.45, 2.75) is 19.8 Å². The number of amides is 2. The molecule has 1 aromatic carbocycles. The largest absolute Gasteiger partial charge is 0.466 e. The summed E-state index contributed by atoms with van der Waals surface area (Å²) in [5.41, 5.74) is 4.99. The van der Waals surface area contributed by atoms with E-state index in [9.17, 15) is 14.4 Å². The molecule has 1 aliphatic heterocycles. The first-order chi connectivity index (χ1) is 12.0. The molecule has 1 heterocycles. The molecular weight excluding hydrogens is 346 g/mol. The summed E-state index contributed by atoms with van der Waals surface area (Å²) in [5, 5.41) is 0.308. The number of nitrogens with zero attached hydrogens (tertiary/aromatic N) is 1. The zero-order valence-electron chi connectivity index (χ0n) is 14.1. The summed E-state index contributed by atoms with van der Waals surface area (Å²) >= 11 is 5.94. The molecule has 8 heteroatoms. The number of esters is 1. The third-order valence-corrected chi connectivity index (χ3v) is 4.26. The SMILES string of the molecule is CCOC(=O)C1CCCN(CC(=O)NNC(=O)c2ccccc2Cl)C1. The Morgan fingerprint density at radius 2 is 2.04 bits per heavy atom. The Kier molecular flexibility index (Phi) is 7.21. The van der Waals surface area contributed by atoms with Gasteiger partial charge in [0.15, 0.2) is 0 Å². The molecule has 1 fully saturated rings. The first-order valence-electron chi connectivity index (χ1n) is 8.24. The van der Waals surface area contributed by atoms with E-state index in [2.05, 4.69) is 10.9 Å². The van der Waals surface area contributed by atoms with E-state index in [0.717, 1.165) is 19.4 Å². The van der Waals surface area contributed by atoms with Crippen LogP contribution in [0.1, 0.15) is 30.1 Å². The number of carbonyl (C=O) groups is 3. The maximum Gasteiger partial charge on any atom is 0.310 e. The number of rotatable bonds is 5. The topological polar surface area (TPSA) is 87.7 Å². The maximum atomic E-state index is 12.0. The Morgan fingerprint density at radius 1 is 1.28 bits per heavy atom. The van der Waals surface area contributed by atoms with Crippen LogP contribution in [0.25, 0.3) is 0 Å². The molecule has 136 valence electrons. The number of benzene rings is 1. The monoisotopic (exact) mass is 367 g/mol. The van der Waals surface area contributed by atoms with Gasteiger partial charge in [-0.2, -0.15) is 0 Å². The molecule has 25 heavy (non-hydrogen) atoms. The van der Waals surface area contributed by atoms with Crippen LogP contribution in [0.3, 0.4) is 0 Å². The summed E-state index contributed by atoms with van der Waals surface area (Å²) in [4.78, 5) is 37.7. The zero-order valence-corrected chi connectivity index (χ0v) is 14.8. The number of halogens is 1. The van der Waals surface area contributed by atoms with Gasteiger partial charge in [-0.3, -0.25) is 30.1 Å². The summed E-state index contributed by atoms with van der Waals surface area (Å²) in [6.45, 7) is 3.42. The molecule has 1 aromatic rings. The summed E-state index contributed by atoms with van der Waals surface area (Å²) in [6, 6.07) is 6.57. The van der Waals surface area contributed by atoms with Gasteiger partial charge in [0.2, 0.25) is 0 Å². The van der Waals surface area contributed by atoms with Crippen LogP contribution >= 0.6 is 11.6 Å². The van der Waals surface area contributed by atoms with Gasteiger partial charge >= 0.3 is 5.97 Å². The van der Waals surface area contributed by atoms with Gasteiger partial charge in [-0.1, -0.05) is 23.7 Å². The quantitative estimate of drug-likeness (QED) is 0.606. The maximum absolute atomic E-state index is 12.0. The van der Waals surface area contributed by atoms with Crippen molar-refractivity contribution in [3.63, 3.8) is 0 Å². The smallest absolute Gasteiger partial charge is 0.310 e. The van der Waals surface area contributed by atoms with E-state index >= 15 is 0 Å². The van der Waals surface area contributed by atoms with Gasteiger partial charge in [0.1, 0.15) is 0 Å². The van der Waals surface area contributed by atoms with Crippen molar-refractivity contribution in [1.82, 2.24) is 15.8 Å². The minimum absolute atomic E-state index is 0.0959. The van der Waals surface area contributed by atoms with E-state index in [-0.39, 0.29) is 29.9 Å². The Bertz CT molecular complexity index is 638. The number of carbonyl (C=O) groups excluding carboxylic acids is 3. The second-order valence-corrected chi connectivity index (χ2v) is 6.22. The molecule has 0 aromatic heterocycles. The van der Waals surface area contributed by atoms with Gasteiger partial charge in [-0.05, 0) is 38.4 Å². The highest BCUT2D eigenvalue weighted by atomic mass is 35.5. The Hall–Kier alpha value is -2.12. The van der Waals surface area contributed by atoms with E-state index in [1.54, 1.807) is 31.2 Å². The first kappa shape index (κ1) is 19.2. The second kappa shape index (κ2) is 9.39. The standard InChI is InChI=1S/C17H22ClN3O4/c1-2-25-17(24)12-6-5-9-21(10-12)11-15(22)19-20-16(23)13-7-3-4-8-14(13)18/h3-4,7-8,12H,2,5-6,9-11H2,1H3,(H,19,22)(H,20,23). The molecule has 1 unspecified atom stereocenters. The van der Waals surface area contributed by atoms with Crippen LogP contribution in [0.15, 0.2) is 24.3 Å². The lowest BCUT2D eigenvalue weighted by atomic mass is 9.98. The third kappa shape index (κ3) is 5.72. The summed E-state index contributed by atoms with van der Waals surface area (Å²) in [6.07, 6.45) is 1.59. The molecule has 1 saturated heterocycles. The highest BCUT2D eigenvalue weighted by Gasteiger charge is 2.27. The number of nitrogens with one attached hydrogen (secondary N) is 2. The first-order valence-corrected chi connectivity index (χ1v) is 8.61. The molecule has 2 N–H and O–H groups in total. The molecule has 2 amide bonds. The highest BCUT2D eigenvalue weighted by molar-refractivity contribution is 6.33. The van der Waals surface area contributed by atoms with Crippen molar-refractivity contribution in [2.24, 2.45) is 5.92 Å². The second-order valence-electron chi connectivity index (χ2n) is 5.81. The van der Waals surface area contributed by atoms with Gasteiger partial charge in [-0.15, -0.1) is 0 Å². The fourth-order valence-electron chi connectivity index (χ4n) is 2.73. The summed E-state index contributed by atoms with van der Waals surface area (Å²) in [7, 11) is 0. The van der Waals surface area contributed by atoms with Crippen LogP contribution < -0.4 is 10.9 Å². The van der Waals surface area contributed by atoms with Crippen molar-refractivity contribution in [2.75, 3.05) is 26.2 Å². The summed E-state index contributed by atoms with van der Waals surface area (Å²) in [5.74, 6) is -1.27. The molecule has 0 saturated carbocycles. The molecule has 7 nitrogen and oxygen atoms in total. The van der Waals surface area contributed by atoms with E-state index in [4.69, 9.17) is 16.3 Å². The molecular formula is C17H22ClN3O4. The normalized spacial score (nSPS) is 17.6. The van der Waals surface area contributed by atoms with Gasteiger partial charge in [0.25, 0.3) is 11.8 Å². The minimum Gasteiger partial charge on any atom is -0.466 e. The average Bonchev–Trinajstić information content (AvgIpc) is 2.60. The van der Waals surface area contributed by atoms with Crippen LogP contribution in [0.2, 0.25) is 5.02 Å². The van der Waals surface area contributed by atoms with Crippen LogP contribution in [-0.2, 0) is 14.3 Å². The third-order valence-electron chi connectivity index (χ3n) is 3.93. The summed E-state index contributed by atoms with van der Waals surface area (Å²) < 4.78 is 5.04. The van der Waals surface area contributed by atoms with Crippen LogP contribution in [0, 0.1) is 5.92 Å². The van der Waals surface area contributed by atoms with Gasteiger partial charge in [0, 0.05) is 6.54 Å². The van der Waals surface area contributed by atoms with Crippen molar-refractivity contribution in [1.29, 1.82) is 0 Å². The number of hydrazine groups is 1. The molecule has 0 aliphatic carbocycles.